The molecule has 1 unspecified atom stereocenters. The molecule has 1 N–H and O–H groups in total. The summed E-state index contributed by atoms with van der Waals surface area (Å²) in [5.74, 6) is 0.0596. The molecule has 0 saturated heterocycles. The summed E-state index contributed by atoms with van der Waals surface area (Å²) < 4.78 is 2.02. The van der Waals surface area contributed by atoms with Crippen molar-refractivity contribution < 1.29 is 4.79 Å². The van der Waals surface area contributed by atoms with Gasteiger partial charge in [0, 0.05) is 31.4 Å². The van der Waals surface area contributed by atoms with E-state index in [0.717, 1.165) is 17.7 Å². The van der Waals surface area contributed by atoms with Crippen molar-refractivity contribution in [2.75, 3.05) is 0 Å². The van der Waals surface area contributed by atoms with E-state index in [4.69, 9.17) is 0 Å². The lowest BCUT2D eigenvalue weighted by Crippen LogP contribution is -2.39. The molecule has 3 nitrogen and oxygen atoms in total. The SMILES string of the molecule is CC1Cc2c(ccn2C)C(=O)N1. The number of fused-ring (bicyclic) bond motifs is 1. The lowest BCUT2D eigenvalue weighted by molar-refractivity contribution is 0.0928. The van der Waals surface area contributed by atoms with Gasteiger partial charge in [-0.1, -0.05) is 0 Å². The van der Waals surface area contributed by atoms with E-state index < -0.39 is 0 Å². The predicted octanol–water partition coefficient (Wildman–Crippen LogP) is 0.700. The Kier molecular flexibility index (Phi) is 1.46. The topological polar surface area (TPSA) is 34.0 Å². The molecule has 2 rings (SSSR count). The van der Waals surface area contributed by atoms with Crippen molar-refractivity contribution >= 4 is 5.91 Å². The number of hydrogen-bond donors (Lipinski definition) is 1. The third kappa shape index (κ3) is 0.932. The quantitative estimate of drug-likeness (QED) is 0.601. The summed E-state index contributed by atoms with van der Waals surface area (Å²) >= 11 is 0. The van der Waals surface area contributed by atoms with Crippen LogP contribution in [0.4, 0.5) is 0 Å². The van der Waals surface area contributed by atoms with E-state index in [0.29, 0.717) is 0 Å². The summed E-state index contributed by atoms with van der Waals surface area (Å²) in [5, 5.41) is 2.90. The Hall–Kier alpha value is -1.25. The van der Waals surface area contributed by atoms with Gasteiger partial charge < -0.3 is 9.88 Å². The lowest BCUT2D eigenvalue weighted by Gasteiger charge is -2.20. The number of hydrogen-bond acceptors (Lipinski definition) is 1. The van der Waals surface area contributed by atoms with Gasteiger partial charge in [-0.3, -0.25) is 4.79 Å². The second kappa shape index (κ2) is 2.37. The molecule has 0 spiro atoms. The average Bonchev–Trinajstić information content (AvgIpc) is 2.33. The van der Waals surface area contributed by atoms with Crippen molar-refractivity contribution in [1.29, 1.82) is 0 Å². The molecule has 12 heavy (non-hydrogen) atoms. The second-order valence-corrected chi connectivity index (χ2v) is 3.37. The summed E-state index contributed by atoms with van der Waals surface area (Å²) in [4.78, 5) is 11.4. The largest absolute Gasteiger partial charge is 0.354 e. The van der Waals surface area contributed by atoms with Crippen LogP contribution < -0.4 is 5.32 Å². The number of aromatic nitrogens is 1. The first kappa shape index (κ1) is 7.40. The zero-order valence-electron chi connectivity index (χ0n) is 7.29. The highest BCUT2D eigenvalue weighted by Crippen LogP contribution is 2.16. The van der Waals surface area contributed by atoms with E-state index in [1.807, 2.05) is 30.8 Å². The Morgan fingerprint density at radius 1 is 1.67 bits per heavy atom. The molecule has 0 fully saturated rings. The zero-order valence-corrected chi connectivity index (χ0v) is 7.29. The number of carbonyl (C=O) groups excluding carboxylic acids is 1. The minimum atomic E-state index is 0.0596. The predicted molar refractivity (Wildman–Crippen MR) is 46.0 cm³/mol. The van der Waals surface area contributed by atoms with Crippen LogP contribution in [-0.4, -0.2) is 16.5 Å². The molecular formula is C9H12N2O. The molecule has 3 heteroatoms. The van der Waals surface area contributed by atoms with Gasteiger partial charge in [-0.15, -0.1) is 0 Å². The van der Waals surface area contributed by atoms with Crippen LogP contribution in [0.2, 0.25) is 0 Å². The fraction of sp³-hybridized carbons (Fsp3) is 0.444. The van der Waals surface area contributed by atoms with Crippen molar-refractivity contribution in [3.05, 3.63) is 23.5 Å². The molecule has 1 atom stereocenters. The van der Waals surface area contributed by atoms with Crippen LogP contribution in [0.5, 0.6) is 0 Å². The maximum absolute atomic E-state index is 11.4. The fourth-order valence-electron chi connectivity index (χ4n) is 1.67. The molecule has 1 aliphatic rings. The number of aryl methyl sites for hydroxylation is 1. The minimum Gasteiger partial charge on any atom is -0.354 e. The van der Waals surface area contributed by atoms with E-state index in [-0.39, 0.29) is 11.9 Å². The summed E-state index contributed by atoms with van der Waals surface area (Å²) in [7, 11) is 1.98. The van der Waals surface area contributed by atoms with Crippen molar-refractivity contribution in [2.24, 2.45) is 7.05 Å². The highest BCUT2D eigenvalue weighted by Gasteiger charge is 2.22. The van der Waals surface area contributed by atoms with Crippen molar-refractivity contribution in [3.8, 4) is 0 Å². The highest BCUT2D eigenvalue weighted by molar-refractivity contribution is 5.96. The van der Waals surface area contributed by atoms with Crippen molar-refractivity contribution in [2.45, 2.75) is 19.4 Å². The minimum absolute atomic E-state index is 0.0596. The first-order chi connectivity index (χ1) is 5.68. The standard InChI is InChI=1S/C9H12N2O/c1-6-5-8-7(9(12)10-6)3-4-11(8)2/h3-4,6H,5H2,1-2H3,(H,10,12). The molecular weight excluding hydrogens is 152 g/mol. The zero-order chi connectivity index (χ0) is 8.72. The monoisotopic (exact) mass is 164 g/mol. The van der Waals surface area contributed by atoms with E-state index in [1.165, 1.54) is 0 Å². The van der Waals surface area contributed by atoms with Gasteiger partial charge in [0.25, 0.3) is 5.91 Å². The van der Waals surface area contributed by atoms with Crippen LogP contribution in [0.3, 0.4) is 0 Å². The third-order valence-corrected chi connectivity index (χ3v) is 2.32. The average molecular weight is 164 g/mol. The van der Waals surface area contributed by atoms with Gasteiger partial charge >= 0.3 is 0 Å². The second-order valence-electron chi connectivity index (χ2n) is 3.37. The Labute approximate surface area is 71.4 Å². The number of nitrogens with zero attached hydrogens (tertiary/aromatic N) is 1. The molecule has 64 valence electrons. The molecule has 1 aromatic heterocycles. The van der Waals surface area contributed by atoms with Gasteiger partial charge in [0.15, 0.2) is 0 Å². The molecule has 0 radical (unpaired) electrons. The normalized spacial score (nSPS) is 21.8. The molecule has 0 aromatic carbocycles. The van der Waals surface area contributed by atoms with Gasteiger partial charge in [-0.05, 0) is 13.0 Å². The summed E-state index contributed by atoms with van der Waals surface area (Å²) in [6.07, 6.45) is 2.87. The molecule has 1 amide bonds. The van der Waals surface area contributed by atoms with E-state index in [9.17, 15) is 4.79 Å². The molecule has 1 aromatic rings. The van der Waals surface area contributed by atoms with Crippen molar-refractivity contribution in [1.82, 2.24) is 9.88 Å². The first-order valence-corrected chi connectivity index (χ1v) is 4.13. The number of amides is 1. The van der Waals surface area contributed by atoms with Crippen LogP contribution in [0.15, 0.2) is 12.3 Å². The maximum atomic E-state index is 11.4. The number of nitrogens with one attached hydrogen (secondary N) is 1. The van der Waals surface area contributed by atoms with Crippen LogP contribution >= 0.6 is 0 Å². The van der Waals surface area contributed by atoms with E-state index in [1.54, 1.807) is 0 Å². The van der Waals surface area contributed by atoms with E-state index >= 15 is 0 Å². The molecule has 0 bridgehead atoms. The van der Waals surface area contributed by atoms with E-state index in [2.05, 4.69) is 5.32 Å². The Balaban J connectivity index is 2.50. The summed E-state index contributed by atoms with van der Waals surface area (Å²) in [6.45, 7) is 2.02. The maximum Gasteiger partial charge on any atom is 0.253 e. The smallest absolute Gasteiger partial charge is 0.253 e. The highest BCUT2D eigenvalue weighted by atomic mass is 16.1. The van der Waals surface area contributed by atoms with Gasteiger partial charge in [0.1, 0.15) is 0 Å². The van der Waals surface area contributed by atoms with Crippen LogP contribution in [0.25, 0.3) is 0 Å². The Bertz CT molecular complexity index is 327. The number of carbonyl (C=O) groups is 1. The van der Waals surface area contributed by atoms with Crippen LogP contribution in [-0.2, 0) is 13.5 Å². The first-order valence-electron chi connectivity index (χ1n) is 4.13. The fourth-order valence-corrected chi connectivity index (χ4v) is 1.67. The third-order valence-electron chi connectivity index (χ3n) is 2.32. The van der Waals surface area contributed by atoms with Gasteiger partial charge in [0.05, 0.1) is 5.56 Å². The van der Waals surface area contributed by atoms with Gasteiger partial charge in [-0.25, -0.2) is 0 Å². The Morgan fingerprint density at radius 3 is 3.17 bits per heavy atom. The molecule has 0 saturated carbocycles. The number of rotatable bonds is 0. The van der Waals surface area contributed by atoms with Gasteiger partial charge in [0.2, 0.25) is 0 Å². The molecule has 2 heterocycles. The van der Waals surface area contributed by atoms with Crippen molar-refractivity contribution in [3.63, 3.8) is 0 Å². The van der Waals surface area contributed by atoms with Gasteiger partial charge in [-0.2, -0.15) is 0 Å². The van der Waals surface area contributed by atoms with Crippen LogP contribution in [0, 0.1) is 0 Å². The van der Waals surface area contributed by atoms with Crippen LogP contribution in [0.1, 0.15) is 23.0 Å². The molecule has 0 aliphatic carbocycles. The summed E-state index contributed by atoms with van der Waals surface area (Å²) in [6, 6.07) is 2.13. The lowest BCUT2D eigenvalue weighted by atomic mass is 10.0. The Morgan fingerprint density at radius 2 is 2.42 bits per heavy atom. The summed E-state index contributed by atoms with van der Waals surface area (Å²) in [5.41, 5.74) is 1.97. The molecule has 1 aliphatic heterocycles.